The first-order chi connectivity index (χ1) is 8.06. The summed E-state index contributed by atoms with van der Waals surface area (Å²) in [5, 5.41) is 10.4. The molecule has 1 N–H and O–H groups in total. The lowest BCUT2D eigenvalue weighted by Crippen LogP contribution is -1.99. The first kappa shape index (κ1) is 11.7. The summed E-state index contributed by atoms with van der Waals surface area (Å²) in [6, 6.07) is 7.63. The van der Waals surface area contributed by atoms with Crippen LogP contribution in [0.1, 0.15) is 6.92 Å². The van der Waals surface area contributed by atoms with Gasteiger partial charge in [0.25, 0.3) is 0 Å². The number of carboxylic acids is 1. The lowest BCUT2D eigenvalue weighted by Gasteiger charge is -2.05. The molecular formula is C13H12ClNO2. The molecule has 0 fully saturated rings. The molecule has 0 unspecified atom stereocenters. The van der Waals surface area contributed by atoms with Gasteiger partial charge in [0.1, 0.15) is 0 Å². The summed E-state index contributed by atoms with van der Waals surface area (Å²) >= 11 is 5.90. The Morgan fingerprint density at radius 2 is 2.24 bits per heavy atom. The van der Waals surface area contributed by atoms with Crippen molar-refractivity contribution in [2.24, 2.45) is 0 Å². The standard InChI is InChI=1S/C13H12ClNO2/c1-9(6-13(16)17)8-15-5-4-10-7-11(14)2-3-12(10)15/h2-7H,8H2,1H3,(H,16,17). The summed E-state index contributed by atoms with van der Waals surface area (Å²) in [6.07, 6.45) is 3.15. The molecule has 0 spiro atoms. The van der Waals surface area contributed by atoms with Gasteiger partial charge in [-0.2, -0.15) is 0 Å². The summed E-state index contributed by atoms with van der Waals surface area (Å²) in [5.74, 6) is -0.915. The van der Waals surface area contributed by atoms with Gasteiger partial charge in [-0.05, 0) is 36.8 Å². The van der Waals surface area contributed by atoms with Gasteiger partial charge in [0, 0.05) is 34.7 Å². The van der Waals surface area contributed by atoms with Crippen molar-refractivity contribution in [1.82, 2.24) is 4.57 Å². The third-order valence-electron chi connectivity index (χ3n) is 2.52. The maximum Gasteiger partial charge on any atom is 0.328 e. The van der Waals surface area contributed by atoms with Crippen molar-refractivity contribution in [2.45, 2.75) is 13.5 Å². The monoisotopic (exact) mass is 249 g/mol. The Labute approximate surface area is 104 Å². The Hall–Kier alpha value is -1.74. The smallest absolute Gasteiger partial charge is 0.328 e. The van der Waals surface area contributed by atoms with Gasteiger partial charge in [-0.25, -0.2) is 4.79 Å². The van der Waals surface area contributed by atoms with Gasteiger partial charge < -0.3 is 9.67 Å². The Morgan fingerprint density at radius 1 is 1.47 bits per heavy atom. The van der Waals surface area contributed by atoms with E-state index in [1.807, 2.05) is 35.0 Å². The van der Waals surface area contributed by atoms with Crippen LogP contribution in [0.15, 0.2) is 42.1 Å². The van der Waals surface area contributed by atoms with Crippen molar-refractivity contribution in [2.75, 3.05) is 0 Å². The average molecular weight is 250 g/mol. The van der Waals surface area contributed by atoms with Crippen molar-refractivity contribution in [3.8, 4) is 0 Å². The van der Waals surface area contributed by atoms with Gasteiger partial charge in [0.2, 0.25) is 0 Å². The summed E-state index contributed by atoms with van der Waals surface area (Å²) in [4.78, 5) is 10.5. The zero-order chi connectivity index (χ0) is 12.4. The maximum atomic E-state index is 10.5. The number of aromatic nitrogens is 1. The molecule has 0 saturated carbocycles. The van der Waals surface area contributed by atoms with Crippen LogP contribution >= 0.6 is 11.6 Å². The number of nitrogens with zero attached hydrogens (tertiary/aromatic N) is 1. The van der Waals surface area contributed by atoms with Crippen LogP contribution in [0.3, 0.4) is 0 Å². The molecule has 0 atom stereocenters. The van der Waals surface area contributed by atoms with Gasteiger partial charge in [-0.15, -0.1) is 0 Å². The molecular weight excluding hydrogens is 238 g/mol. The summed E-state index contributed by atoms with van der Waals surface area (Å²) in [7, 11) is 0. The van der Waals surface area contributed by atoms with Crippen molar-refractivity contribution in [1.29, 1.82) is 0 Å². The van der Waals surface area contributed by atoms with Crippen molar-refractivity contribution >= 4 is 28.5 Å². The van der Waals surface area contributed by atoms with Crippen LogP contribution in [0.2, 0.25) is 5.02 Å². The Bertz CT molecular complexity index is 598. The molecule has 1 aromatic carbocycles. The zero-order valence-corrected chi connectivity index (χ0v) is 10.1. The number of hydrogen-bond acceptors (Lipinski definition) is 1. The van der Waals surface area contributed by atoms with E-state index < -0.39 is 5.97 Å². The minimum atomic E-state index is -0.915. The van der Waals surface area contributed by atoms with Crippen molar-refractivity contribution in [3.05, 3.63) is 47.1 Å². The highest BCUT2D eigenvalue weighted by molar-refractivity contribution is 6.31. The maximum absolute atomic E-state index is 10.5. The number of halogens is 1. The van der Waals surface area contributed by atoms with Crippen molar-refractivity contribution in [3.63, 3.8) is 0 Å². The van der Waals surface area contributed by atoms with E-state index in [1.165, 1.54) is 6.08 Å². The van der Waals surface area contributed by atoms with Gasteiger partial charge in [-0.1, -0.05) is 11.6 Å². The molecule has 88 valence electrons. The van der Waals surface area contributed by atoms with Crippen LogP contribution in [0.25, 0.3) is 10.9 Å². The number of rotatable bonds is 3. The van der Waals surface area contributed by atoms with Crippen LogP contribution in [-0.4, -0.2) is 15.6 Å². The lowest BCUT2D eigenvalue weighted by atomic mass is 10.2. The van der Waals surface area contributed by atoms with Crippen molar-refractivity contribution < 1.29 is 9.90 Å². The average Bonchev–Trinajstić information content (AvgIpc) is 2.59. The molecule has 0 bridgehead atoms. The molecule has 1 heterocycles. The van der Waals surface area contributed by atoms with E-state index >= 15 is 0 Å². The number of hydrogen-bond donors (Lipinski definition) is 1. The first-order valence-electron chi connectivity index (χ1n) is 5.21. The second kappa shape index (κ2) is 4.63. The Kier molecular flexibility index (Phi) is 3.20. The topological polar surface area (TPSA) is 42.2 Å². The molecule has 0 aliphatic heterocycles. The third kappa shape index (κ3) is 2.68. The number of benzene rings is 1. The molecule has 17 heavy (non-hydrogen) atoms. The predicted molar refractivity (Wildman–Crippen MR) is 68.3 cm³/mol. The zero-order valence-electron chi connectivity index (χ0n) is 9.35. The van der Waals surface area contributed by atoms with Crippen LogP contribution in [-0.2, 0) is 11.3 Å². The fraction of sp³-hybridized carbons (Fsp3) is 0.154. The molecule has 0 saturated heterocycles. The SMILES string of the molecule is CC(=CC(=O)O)Cn1ccc2cc(Cl)ccc21. The summed E-state index contributed by atoms with van der Waals surface area (Å²) < 4.78 is 2.00. The predicted octanol–water partition coefficient (Wildman–Crippen LogP) is 3.33. The fourth-order valence-corrected chi connectivity index (χ4v) is 2.01. The number of allylic oxidation sites excluding steroid dienone is 1. The Balaban J connectivity index is 2.34. The molecule has 4 heteroatoms. The number of aliphatic carboxylic acids is 1. The van der Waals surface area contributed by atoms with Crippen LogP contribution < -0.4 is 0 Å². The molecule has 2 rings (SSSR count). The number of carboxylic acid groups (broad SMARTS) is 1. The molecule has 3 nitrogen and oxygen atoms in total. The third-order valence-corrected chi connectivity index (χ3v) is 2.76. The highest BCUT2D eigenvalue weighted by Crippen LogP contribution is 2.21. The normalized spacial score (nSPS) is 12.0. The van der Waals surface area contributed by atoms with Crippen LogP contribution in [0.4, 0.5) is 0 Å². The van der Waals surface area contributed by atoms with E-state index in [2.05, 4.69) is 0 Å². The van der Waals surface area contributed by atoms with E-state index in [9.17, 15) is 4.79 Å². The van der Waals surface area contributed by atoms with E-state index in [0.717, 1.165) is 16.5 Å². The molecule has 1 aromatic heterocycles. The van der Waals surface area contributed by atoms with E-state index in [4.69, 9.17) is 16.7 Å². The summed E-state index contributed by atoms with van der Waals surface area (Å²) in [6.45, 7) is 2.37. The van der Waals surface area contributed by atoms with E-state index in [0.29, 0.717) is 11.6 Å². The van der Waals surface area contributed by atoms with E-state index in [1.54, 1.807) is 6.92 Å². The number of carbonyl (C=O) groups is 1. The Morgan fingerprint density at radius 3 is 2.94 bits per heavy atom. The minimum Gasteiger partial charge on any atom is -0.478 e. The first-order valence-corrected chi connectivity index (χ1v) is 5.58. The second-order valence-electron chi connectivity index (χ2n) is 3.98. The molecule has 2 aromatic rings. The number of fused-ring (bicyclic) bond motifs is 1. The highest BCUT2D eigenvalue weighted by Gasteiger charge is 2.02. The van der Waals surface area contributed by atoms with Gasteiger partial charge >= 0.3 is 5.97 Å². The van der Waals surface area contributed by atoms with Crippen LogP contribution in [0, 0.1) is 0 Å². The molecule has 0 aliphatic carbocycles. The fourth-order valence-electron chi connectivity index (χ4n) is 1.83. The van der Waals surface area contributed by atoms with Gasteiger partial charge in [0.05, 0.1) is 0 Å². The second-order valence-corrected chi connectivity index (χ2v) is 4.41. The lowest BCUT2D eigenvalue weighted by molar-refractivity contribution is -0.131. The largest absolute Gasteiger partial charge is 0.478 e. The molecule has 0 aliphatic rings. The quantitative estimate of drug-likeness (QED) is 0.848. The highest BCUT2D eigenvalue weighted by atomic mass is 35.5. The molecule has 0 amide bonds. The van der Waals surface area contributed by atoms with Crippen LogP contribution in [0.5, 0.6) is 0 Å². The van der Waals surface area contributed by atoms with Gasteiger partial charge in [-0.3, -0.25) is 0 Å². The van der Waals surface area contributed by atoms with Gasteiger partial charge in [0.15, 0.2) is 0 Å². The molecule has 0 radical (unpaired) electrons. The minimum absolute atomic E-state index is 0.567. The van der Waals surface area contributed by atoms with E-state index in [-0.39, 0.29) is 0 Å². The summed E-state index contributed by atoms with van der Waals surface area (Å²) in [5.41, 5.74) is 1.84.